The molecule has 0 bridgehead atoms. The second-order valence-corrected chi connectivity index (χ2v) is 7.59. The summed E-state index contributed by atoms with van der Waals surface area (Å²) in [6.07, 6.45) is 4.02. The Morgan fingerprint density at radius 1 is 1.29 bits per heavy atom. The minimum Gasteiger partial charge on any atom is -0.349 e. The van der Waals surface area contributed by atoms with Crippen LogP contribution in [0.5, 0.6) is 0 Å². The summed E-state index contributed by atoms with van der Waals surface area (Å²) in [5, 5.41) is 8.20. The molecule has 0 saturated heterocycles. The zero-order valence-corrected chi connectivity index (χ0v) is 13.4. The van der Waals surface area contributed by atoms with Gasteiger partial charge in [-0.05, 0) is 49.8 Å². The van der Waals surface area contributed by atoms with E-state index in [0.29, 0.717) is 5.92 Å². The van der Waals surface area contributed by atoms with Gasteiger partial charge in [-0.3, -0.25) is 4.79 Å². The van der Waals surface area contributed by atoms with Crippen LogP contribution in [0.4, 0.5) is 0 Å². The summed E-state index contributed by atoms with van der Waals surface area (Å²) in [5.74, 6) is 0.331. The molecule has 3 N–H and O–H groups in total. The number of halogens is 1. The van der Waals surface area contributed by atoms with E-state index < -0.39 is 10.0 Å². The summed E-state index contributed by atoms with van der Waals surface area (Å²) in [6, 6.07) is 4.00. The lowest BCUT2D eigenvalue weighted by atomic mass is 9.87. The number of nitrogens with one attached hydrogen (secondary N) is 1. The average Bonchev–Trinajstić information content (AvgIpc) is 2.40. The summed E-state index contributed by atoms with van der Waals surface area (Å²) in [7, 11) is -3.85. The lowest BCUT2D eigenvalue weighted by Crippen LogP contribution is -2.37. The minimum absolute atomic E-state index is 0.114. The molecule has 1 aliphatic rings. The molecule has 1 fully saturated rings. The van der Waals surface area contributed by atoms with Gasteiger partial charge in [0.15, 0.2) is 0 Å². The molecular formula is C14H19ClN2O3S. The van der Waals surface area contributed by atoms with Crippen LogP contribution in [-0.2, 0) is 10.0 Å². The van der Waals surface area contributed by atoms with Crippen molar-refractivity contribution in [1.82, 2.24) is 5.32 Å². The second kappa shape index (κ2) is 6.34. The number of nitrogens with two attached hydrogens (primary N) is 1. The molecule has 21 heavy (non-hydrogen) atoms. The molecule has 1 saturated carbocycles. The lowest BCUT2D eigenvalue weighted by molar-refractivity contribution is 0.0923. The molecule has 1 aliphatic carbocycles. The Morgan fingerprint density at radius 2 is 1.90 bits per heavy atom. The van der Waals surface area contributed by atoms with Gasteiger partial charge in [-0.15, -0.1) is 0 Å². The van der Waals surface area contributed by atoms with Crippen molar-refractivity contribution in [2.24, 2.45) is 11.1 Å². The first-order valence-electron chi connectivity index (χ1n) is 6.90. The third-order valence-electron chi connectivity index (χ3n) is 3.86. The minimum atomic E-state index is -3.85. The van der Waals surface area contributed by atoms with Crippen LogP contribution in [0.2, 0.25) is 5.02 Å². The molecule has 2 rings (SSSR count). The SMILES string of the molecule is CC1CCC(NC(=O)c2cc(S(N)(=O)=O)ccc2Cl)CC1. The van der Waals surface area contributed by atoms with E-state index >= 15 is 0 Å². The van der Waals surface area contributed by atoms with Crippen molar-refractivity contribution >= 4 is 27.5 Å². The fraction of sp³-hybridized carbons (Fsp3) is 0.500. The van der Waals surface area contributed by atoms with Crippen molar-refractivity contribution in [3.8, 4) is 0 Å². The third-order valence-corrected chi connectivity index (χ3v) is 5.10. The zero-order valence-electron chi connectivity index (χ0n) is 11.8. The Hall–Kier alpha value is -1.11. The van der Waals surface area contributed by atoms with Crippen LogP contribution in [0.3, 0.4) is 0 Å². The van der Waals surface area contributed by atoms with E-state index in [1.807, 2.05) is 0 Å². The van der Waals surface area contributed by atoms with Crippen molar-refractivity contribution in [3.05, 3.63) is 28.8 Å². The van der Waals surface area contributed by atoms with Crippen molar-refractivity contribution in [1.29, 1.82) is 0 Å². The number of sulfonamides is 1. The number of carbonyl (C=O) groups excluding carboxylic acids is 1. The van der Waals surface area contributed by atoms with Crippen LogP contribution >= 0.6 is 11.6 Å². The summed E-state index contributed by atoms with van der Waals surface area (Å²) in [5.41, 5.74) is 0.141. The van der Waals surface area contributed by atoms with E-state index in [1.54, 1.807) is 0 Å². The van der Waals surface area contributed by atoms with Crippen LogP contribution in [0.1, 0.15) is 43.0 Å². The molecule has 116 valence electrons. The predicted octanol–water partition coefficient (Wildman–Crippen LogP) is 2.30. The fourth-order valence-corrected chi connectivity index (χ4v) is 3.27. The molecule has 0 atom stereocenters. The molecule has 0 aromatic heterocycles. The van der Waals surface area contributed by atoms with Crippen LogP contribution in [0.25, 0.3) is 0 Å². The molecule has 7 heteroatoms. The second-order valence-electron chi connectivity index (χ2n) is 5.62. The number of amides is 1. The highest BCUT2D eigenvalue weighted by atomic mass is 35.5. The Labute approximate surface area is 129 Å². The van der Waals surface area contributed by atoms with E-state index in [1.165, 1.54) is 18.2 Å². The predicted molar refractivity (Wildman–Crippen MR) is 81.7 cm³/mol. The summed E-state index contributed by atoms with van der Waals surface area (Å²) in [4.78, 5) is 12.1. The molecule has 0 spiro atoms. The Morgan fingerprint density at radius 3 is 2.48 bits per heavy atom. The number of hydrogen-bond acceptors (Lipinski definition) is 3. The van der Waals surface area contributed by atoms with Gasteiger partial charge in [0.1, 0.15) is 0 Å². The molecular weight excluding hydrogens is 312 g/mol. The van der Waals surface area contributed by atoms with Crippen molar-refractivity contribution in [3.63, 3.8) is 0 Å². The summed E-state index contributed by atoms with van der Waals surface area (Å²) in [6.45, 7) is 2.20. The Bertz CT molecular complexity index is 638. The number of benzene rings is 1. The maximum absolute atomic E-state index is 12.3. The molecule has 1 amide bonds. The molecule has 1 aromatic rings. The van der Waals surface area contributed by atoms with Gasteiger partial charge in [-0.2, -0.15) is 0 Å². The van der Waals surface area contributed by atoms with Gasteiger partial charge in [0, 0.05) is 6.04 Å². The van der Waals surface area contributed by atoms with Gasteiger partial charge in [0.25, 0.3) is 5.91 Å². The van der Waals surface area contributed by atoms with E-state index in [0.717, 1.165) is 25.7 Å². The quantitative estimate of drug-likeness (QED) is 0.891. The molecule has 0 aliphatic heterocycles. The first kappa shape index (κ1) is 16.3. The van der Waals surface area contributed by atoms with Gasteiger partial charge in [0.05, 0.1) is 15.5 Å². The summed E-state index contributed by atoms with van der Waals surface area (Å²) < 4.78 is 22.7. The average molecular weight is 331 g/mol. The molecule has 0 radical (unpaired) electrons. The van der Waals surface area contributed by atoms with Gasteiger partial charge < -0.3 is 5.32 Å². The maximum atomic E-state index is 12.3. The topological polar surface area (TPSA) is 89.3 Å². The Balaban J connectivity index is 2.15. The molecule has 1 aromatic carbocycles. The zero-order chi connectivity index (χ0) is 15.6. The molecule has 5 nitrogen and oxygen atoms in total. The van der Waals surface area contributed by atoms with E-state index in [-0.39, 0.29) is 27.4 Å². The Kier molecular flexibility index (Phi) is 4.91. The lowest BCUT2D eigenvalue weighted by Gasteiger charge is -2.27. The monoisotopic (exact) mass is 330 g/mol. The number of carbonyl (C=O) groups is 1. The van der Waals surface area contributed by atoms with Crippen LogP contribution in [0.15, 0.2) is 23.1 Å². The first-order valence-corrected chi connectivity index (χ1v) is 8.83. The molecule has 0 unspecified atom stereocenters. The highest BCUT2D eigenvalue weighted by Gasteiger charge is 2.22. The van der Waals surface area contributed by atoms with Crippen molar-refractivity contribution < 1.29 is 13.2 Å². The highest BCUT2D eigenvalue weighted by Crippen LogP contribution is 2.25. The first-order chi connectivity index (χ1) is 9.77. The maximum Gasteiger partial charge on any atom is 0.253 e. The smallest absolute Gasteiger partial charge is 0.253 e. The van der Waals surface area contributed by atoms with E-state index in [4.69, 9.17) is 16.7 Å². The van der Waals surface area contributed by atoms with Crippen LogP contribution in [0, 0.1) is 5.92 Å². The van der Waals surface area contributed by atoms with Crippen molar-refractivity contribution in [2.45, 2.75) is 43.5 Å². The third kappa shape index (κ3) is 4.18. The van der Waals surface area contributed by atoms with Gasteiger partial charge in [-0.1, -0.05) is 18.5 Å². The van der Waals surface area contributed by atoms with Gasteiger partial charge in [-0.25, -0.2) is 13.6 Å². The van der Waals surface area contributed by atoms with Crippen LogP contribution in [-0.4, -0.2) is 20.4 Å². The van der Waals surface area contributed by atoms with Gasteiger partial charge in [0.2, 0.25) is 10.0 Å². The van der Waals surface area contributed by atoms with E-state index in [2.05, 4.69) is 12.2 Å². The van der Waals surface area contributed by atoms with E-state index in [9.17, 15) is 13.2 Å². The normalized spacial score (nSPS) is 22.8. The number of hydrogen-bond donors (Lipinski definition) is 2. The van der Waals surface area contributed by atoms with Crippen molar-refractivity contribution in [2.75, 3.05) is 0 Å². The van der Waals surface area contributed by atoms with Crippen LogP contribution < -0.4 is 10.5 Å². The fourth-order valence-electron chi connectivity index (χ4n) is 2.52. The molecule has 0 heterocycles. The standard InChI is InChI=1S/C14H19ClN2O3S/c1-9-2-4-10(5-3-9)17-14(18)12-8-11(21(16,19)20)6-7-13(12)15/h6-10H,2-5H2,1H3,(H,17,18)(H2,16,19,20). The van der Waals surface area contributed by atoms with Gasteiger partial charge >= 0.3 is 0 Å². The number of primary sulfonamides is 1. The number of rotatable bonds is 3. The highest BCUT2D eigenvalue weighted by molar-refractivity contribution is 7.89. The summed E-state index contributed by atoms with van der Waals surface area (Å²) >= 11 is 5.99. The largest absolute Gasteiger partial charge is 0.349 e.